The predicted octanol–water partition coefficient (Wildman–Crippen LogP) is 3.56. The van der Waals surface area contributed by atoms with E-state index in [1.807, 2.05) is 0 Å². The standard InChI is InChI=1S/C14H21FO/c1-11(2)8-9-14(3,16)10-12-6-4-5-7-13(12)15/h4-7,11,16H,8-10H2,1-3H3. The summed E-state index contributed by atoms with van der Waals surface area (Å²) in [6, 6.07) is 6.64. The maximum atomic E-state index is 13.4. The van der Waals surface area contributed by atoms with Gasteiger partial charge in [-0.25, -0.2) is 4.39 Å². The first-order valence-electron chi connectivity index (χ1n) is 5.86. The quantitative estimate of drug-likeness (QED) is 0.811. The lowest BCUT2D eigenvalue weighted by Gasteiger charge is -2.24. The van der Waals surface area contributed by atoms with Crippen LogP contribution in [0.15, 0.2) is 24.3 Å². The van der Waals surface area contributed by atoms with Gasteiger partial charge in [-0.2, -0.15) is 0 Å². The van der Waals surface area contributed by atoms with Gasteiger partial charge in [0.05, 0.1) is 5.60 Å². The Hall–Kier alpha value is -0.890. The highest BCUT2D eigenvalue weighted by Gasteiger charge is 2.22. The van der Waals surface area contributed by atoms with Crippen LogP contribution in [-0.4, -0.2) is 10.7 Å². The Labute approximate surface area is 97.3 Å². The Bertz CT molecular complexity index is 331. The van der Waals surface area contributed by atoms with Crippen LogP contribution in [-0.2, 0) is 6.42 Å². The SMILES string of the molecule is CC(C)CCC(C)(O)Cc1ccccc1F. The minimum Gasteiger partial charge on any atom is -0.390 e. The summed E-state index contributed by atoms with van der Waals surface area (Å²) >= 11 is 0. The van der Waals surface area contributed by atoms with Crippen molar-refractivity contribution in [3.05, 3.63) is 35.6 Å². The predicted molar refractivity (Wildman–Crippen MR) is 64.8 cm³/mol. The number of benzene rings is 1. The molecule has 0 bridgehead atoms. The molecular weight excluding hydrogens is 203 g/mol. The number of rotatable bonds is 5. The topological polar surface area (TPSA) is 20.2 Å². The average molecular weight is 224 g/mol. The Morgan fingerprint density at radius 3 is 2.50 bits per heavy atom. The van der Waals surface area contributed by atoms with Gasteiger partial charge in [0.1, 0.15) is 5.82 Å². The fraction of sp³-hybridized carbons (Fsp3) is 0.571. The van der Waals surface area contributed by atoms with Gasteiger partial charge in [0, 0.05) is 6.42 Å². The van der Waals surface area contributed by atoms with Crippen LogP contribution in [0.1, 0.15) is 39.2 Å². The molecule has 2 heteroatoms. The number of halogens is 1. The Morgan fingerprint density at radius 1 is 1.31 bits per heavy atom. The van der Waals surface area contributed by atoms with Gasteiger partial charge in [0.15, 0.2) is 0 Å². The normalized spacial score (nSPS) is 15.1. The third-order valence-electron chi connectivity index (χ3n) is 2.79. The zero-order valence-electron chi connectivity index (χ0n) is 10.3. The Morgan fingerprint density at radius 2 is 1.94 bits per heavy atom. The molecule has 1 aromatic rings. The van der Waals surface area contributed by atoms with E-state index in [2.05, 4.69) is 13.8 Å². The minimum atomic E-state index is -0.813. The van der Waals surface area contributed by atoms with Gasteiger partial charge in [-0.15, -0.1) is 0 Å². The zero-order valence-corrected chi connectivity index (χ0v) is 10.3. The minimum absolute atomic E-state index is 0.229. The van der Waals surface area contributed by atoms with Crippen molar-refractivity contribution in [3.63, 3.8) is 0 Å². The van der Waals surface area contributed by atoms with E-state index in [1.54, 1.807) is 25.1 Å². The lowest BCUT2D eigenvalue weighted by molar-refractivity contribution is 0.0449. The molecule has 0 saturated carbocycles. The molecule has 0 saturated heterocycles. The molecule has 1 rings (SSSR count). The zero-order chi connectivity index (χ0) is 12.2. The van der Waals surface area contributed by atoms with Gasteiger partial charge in [-0.05, 0) is 37.3 Å². The van der Waals surface area contributed by atoms with Crippen molar-refractivity contribution in [2.75, 3.05) is 0 Å². The summed E-state index contributed by atoms with van der Waals surface area (Å²) in [5, 5.41) is 10.2. The molecule has 1 N–H and O–H groups in total. The highest BCUT2D eigenvalue weighted by atomic mass is 19.1. The van der Waals surface area contributed by atoms with E-state index in [1.165, 1.54) is 6.07 Å². The summed E-state index contributed by atoms with van der Waals surface area (Å²) in [6.45, 7) is 6.03. The lowest BCUT2D eigenvalue weighted by Crippen LogP contribution is -2.28. The summed E-state index contributed by atoms with van der Waals surface area (Å²) in [6.07, 6.45) is 2.05. The molecule has 0 aliphatic rings. The maximum Gasteiger partial charge on any atom is 0.126 e. The van der Waals surface area contributed by atoms with Crippen LogP contribution in [0.3, 0.4) is 0 Å². The van der Waals surface area contributed by atoms with Crippen molar-refractivity contribution in [1.29, 1.82) is 0 Å². The monoisotopic (exact) mass is 224 g/mol. The molecule has 0 spiro atoms. The van der Waals surface area contributed by atoms with Gasteiger partial charge in [0.2, 0.25) is 0 Å². The van der Waals surface area contributed by atoms with Gasteiger partial charge in [0.25, 0.3) is 0 Å². The van der Waals surface area contributed by atoms with Gasteiger partial charge < -0.3 is 5.11 Å². The lowest BCUT2D eigenvalue weighted by atomic mass is 9.89. The molecular formula is C14H21FO. The highest BCUT2D eigenvalue weighted by molar-refractivity contribution is 5.19. The van der Waals surface area contributed by atoms with Gasteiger partial charge in [-0.3, -0.25) is 0 Å². The van der Waals surface area contributed by atoms with E-state index in [0.29, 0.717) is 24.3 Å². The van der Waals surface area contributed by atoms with E-state index in [-0.39, 0.29) is 5.82 Å². The summed E-state index contributed by atoms with van der Waals surface area (Å²) in [4.78, 5) is 0. The number of aliphatic hydroxyl groups is 1. The largest absolute Gasteiger partial charge is 0.390 e. The van der Waals surface area contributed by atoms with E-state index in [4.69, 9.17) is 0 Å². The second-order valence-electron chi connectivity index (χ2n) is 5.20. The molecule has 0 aliphatic heterocycles. The van der Waals surface area contributed by atoms with Crippen LogP contribution in [0.2, 0.25) is 0 Å². The molecule has 0 aliphatic carbocycles. The van der Waals surface area contributed by atoms with Crippen molar-refractivity contribution in [2.24, 2.45) is 5.92 Å². The molecule has 16 heavy (non-hydrogen) atoms. The maximum absolute atomic E-state index is 13.4. The van der Waals surface area contributed by atoms with Crippen molar-refractivity contribution >= 4 is 0 Å². The van der Waals surface area contributed by atoms with Gasteiger partial charge in [-0.1, -0.05) is 32.0 Å². The third kappa shape index (κ3) is 4.31. The van der Waals surface area contributed by atoms with Crippen molar-refractivity contribution < 1.29 is 9.50 Å². The van der Waals surface area contributed by atoms with Crippen molar-refractivity contribution in [3.8, 4) is 0 Å². The molecule has 0 radical (unpaired) electrons. The average Bonchev–Trinajstić information content (AvgIpc) is 2.19. The van der Waals surface area contributed by atoms with E-state index >= 15 is 0 Å². The van der Waals surface area contributed by atoms with Crippen LogP contribution in [0.4, 0.5) is 4.39 Å². The van der Waals surface area contributed by atoms with Gasteiger partial charge >= 0.3 is 0 Å². The molecule has 0 aromatic heterocycles. The molecule has 1 unspecified atom stereocenters. The number of hydrogen-bond donors (Lipinski definition) is 1. The van der Waals surface area contributed by atoms with Crippen LogP contribution in [0.5, 0.6) is 0 Å². The van der Waals surface area contributed by atoms with E-state index in [0.717, 1.165) is 6.42 Å². The smallest absolute Gasteiger partial charge is 0.126 e. The molecule has 0 heterocycles. The highest BCUT2D eigenvalue weighted by Crippen LogP contribution is 2.22. The fourth-order valence-electron chi connectivity index (χ4n) is 1.74. The first-order valence-corrected chi connectivity index (χ1v) is 5.86. The molecule has 90 valence electrons. The summed E-state index contributed by atoms with van der Waals surface area (Å²) < 4.78 is 13.4. The van der Waals surface area contributed by atoms with Crippen LogP contribution in [0.25, 0.3) is 0 Å². The second-order valence-corrected chi connectivity index (χ2v) is 5.20. The summed E-state index contributed by atoms with van der Waals surface area (Å²) in [7, 11) is 0. The molecule has 1 aromatic carbocycles. The van der Waals surface area contributed by atoms with Crippen LogP contribution in [0, 0.1) is 11.7 Å². The molecule has 0 fully saturated rings. The van der Waals surface area contributed by atoms with E-state index < -0.39 is 5.60 Å². The van der Waals surface area contributed by atoms with Crippen molar-refractivity contribution in [2.45, 2.75) is 45.6 Å². The van der Waals surface area contributed by atoms with E-state index in [9.17, 15) is 9.50 Å². The van der Waals surface area contributed by atoms with Crippen LogP contribution >= 0.6 is 0 Å². The molecule has 0 amide bonds. The Balaban J connectivity index is 2.62. The van der Waals surface area contributed by atoms with Crippen LogP contribution < -0.4 is 0 Å². The summed E-state index contributed by atoms with van der Waals surface area (Å²) in [5.41, 5.74) is -0.219. The summed E-state index contributed by atoms with van der Waals surface area (Å²) in [5.74, 6) is 0.333. The first kappa shape index (κ1) is 13.2. The van der Waals surface area contributed by atoms with Crippen molar-refractivity contribution in [1.82, 2.24) is 0 Å². The number of hydrogen-bond acceptors (Lipinski definition) is 1. The third-order valence-corrected chi connectivity index (χ3v) is 2.79. The first-order chi connectivity index (χ1) is 7.41. The molecule has 1 nitrogen and oxygen atoms in total. The molecule has 1 atom stereocenters. The fourth-order valence-corrected chi connectivity index (χ4v) is 1.74. The second kappa shape index (κ2) is 5.44. The Kier molecular flexibility index (Phi) is 4.48.